The first-order chi connectivity index (χ1) is 8.61. The third-order valence-electron chi connectivity index (χ3n) is 5.50. The van der Waals surface area contributed by atoms with Crippen molar-refractivity contribution in [3.63, 3.8) is 0 Å². The number of ether oxygens (including phenoxy) is 1. The second-order valence-electron chi connectivity index (χ2n) is 6.57. The Balaban J connectivity index is 2.07. The van der Waals surface area contributed by atoms with Crippen molar-refractivity contribution in [2.24, 2.45) is 17.6 Å². The Labute approximate surface area is 112 Å². The highest BCUT2D eigenvalue weighted by Gasteiger charge is 2.42. The molecule has 2 N–H and O–H groups in total. The van der Waals surface area contributed by atoms with E-state index in [1.807, 2.05) is 7.11 Å². The minimum atomic E-state index is 0.253. The summed E-state index contributed by atoms with van der Waals surface area (Å²) in [5, 5.41) is 0. The summed E-state index contributed by atoms with van der Waals surface area (Å²) in [7, 11) is 1.84. The SMILES string of the molecule is COC1CCCN(C2(CN)CCC(C)C(C)C2)C1. The van der Waals surface area contributed by atoms with Gasteiger partial charge in [-0.3, -0.25) is 4.90 Å². The molecule has 1 aliphatic heterocycles. The molecule has 2 aliphatic rings. The molecule has 2 rings (SSSR count). The lowest BCUT2D eigenvalue weighted by molar-refractivity contribution is -0.0441. The molecule has 0 aromatic rings. The topological polar surface area (TPSA) is 38.5 Å². The smallest absolute Gasteiger partial charge is 0.0698 e. The van der Waals surface area contributed by atoms with Crippen LogP contribution < -0.4 is 5.73 Å². The predicted octanol–water partition coefficient (Wildman–Crippen LogP) is 2.25. The number of nitrogens with zero attached hydrogens (tertiary/aromatic N) is 1. The molecule has 0 amide bonds. The van der Waals surface area contributed by atoms with Crippen LogP contribution >= 0.6 is 0 Å². The zero-order valence-corrected chi connectivity index (χ0v) is 12.3. The molecule has 4 unspecified atom stereocenters. The largest absolute Gasteiger partial charge is 0.380 e. The van der Waals surface area contributed by atoms with Gasteiger partial charge < -0.3 is 10.5 Å². The third kappa shape index (κ3) is 2.73. The summed E-state index contributed by atoms with van der Waals surface area (Å²) in [6, 6.07) is 0. The molecule has 1 heterocycles. The van der Waals surface area contributed by atoms with Gasteiger partial charge in [0, 0.05) is 25.7 Å². The minimum absolute atomic E-state index is 0.253. The summed E-state index contributed by atoms with van der Waals surface area (Å²) < 4.78 is 5.57. The Morgan fingerprint density at radius 2 is 2.06 bits per heavy atom. The van der Waals surface area contributed by atoms with Crippen LogP contribution in [0.2, 0.25) is 0 Å². The fourth-order valence-corrected chi connectivity index (χ4v) is 3.85. The van der Waals surface area contributed by atoms with Gasteiger partial charge in [0.15, 0.2) is 0 Å². The van der Waals surface area contributed by atoms with Crippen LogP contribution in [0.5, 0.6) is 0 Å². The fourth-order valence-electron chi connectivity index (χ4n) is 3.85. The van der Waals surface area contributed by atoms with Crippen LogP contribution in [0.25, 0.3) is 0 Å². The monoisotopic (exact) mass is 254 g/mol. The number of nitrogens with two attached hydrogens (primary N) is 1. The zero-order valence-electron chi connectivity index (χ0n) is 12.3. The molecule has 3 nitrogen and oxygen atoms in total. The molecule has 18 heavy (non-hydrogen) atoms. The highest BCUT2D eigenvalue weighted by atomic mass is 16.5. The molecule has 0 aromatic heterocycles. The van der Waals surface area contributed by atoms with Crippen molar-refractivity contribution < 1.29 is 4.74 Å². The maximum atomic E-state index is 6.18. The first-order valence-electron chi connectivity index (χ1n) is 7.59. The third-order valence-corrected chi connectivity index (χ3v) is 5.50. The number of hydrogen-bond acceptors (Lipinski definition) is 3. The highest BCUT2D eigenvalue weighted by Crippen LogP contribution is 2.40. The lowest BCUT2D eigenvalue weighted by atomic mass is 9.70. The fraction of sp³-hybridized carbons (Fsp3) is 1.00. The first kappa shape index (κ1) is 14.3. The Hall–Kier alpha value is -0.120. The Bertz CT molecular complexity index is 271. The van der Waals surface area contributed by atoms with E-state index in [4.69, 9.17) is 10.5 Å². The molecule has 1 saturated carbocycles. The van der Waals surface area contributed by atoms with Crippen LogP contribution in [0.4, 0.5) is 0 Å². The van der Waals surface area contributed by atoms with Crippen LogP contribution in [0.1, 0.15) is 46.0 Å². The molecule has 0 bridgehead atoms. The molecule has 0 radical (unpaired) electrons. The summed E-state index contributed by atoms with van der Waals surface area (Å²) in [5.74, 6) is 1.65. The second-order valence-corrected chi connectivity index (χ2v) is 6.57. The van der Waals surface area contributed by atoms with E-state index in [2.05, 4.69) is 18.7 Å². The van der Waals surface area contributed by atoms with Gasteiger partial charge in [0.05, 0.1) is 6.10 Å². The van der Waals surface area contributed by atoms with Crippen molar-refractivity contribution in [3.05, 3.63) is 0 Å². The maximum absolute atomic E-state index is 6.18. The van der Waals surface area contributed by atoms with E-state index < -0.39 is 0 Å². The van der Waals surface area contributed by atoms with E-state index in [0.29, 0.717) is 6.10 Å². The van der Waals surface area contributed by atoms with Gasteiger partial charge in [-0.05, 0) is 50.5 Å². The Morgan fingerprint density at radius 1 is 1.28 bits per heavy atom. The average Bonchev–Trinajstić information content (AvgIpc) is 2.42. The average molecular weight is 254 g/mol. The predicted molar refractivity (Wildman–Crippen MR) is 75.6 cm³/mol. The molecular weight excluding hydrogens is 224 g/mol. The quantitative estimate of drug-likeness (QED) is 0.839. The van der Waals surface area contributed by atoms with Crippen LogP contribution in [0.15, 0.2) is 0 Å². The second kappa shape index (κ2) is 5.89. The normalized spacial score (nSPS) is 43.0. The molecule has 3 heteroatoms. The molecule has 0 spiro atoms. The summed E-state index contributed by atoms with van der Waals surface area (Å²) in [6.45, 7) is 7.87. The van der Waals surface area contributed by atoms with E-state index in [1.54, 1.807) is 0 Å². The number of methoxy groups -OCH3 is 1. The van der Waals surface area contributed by atoms with Gasteiger partial charge >= 0.3 is 0 Å². The molecule has 1 aliphatic carbocycles. The number of likely N-dealkylation sites (tertiary alicyclic amines) is 1. The number of rotatable bonds is 3. The van der Waals surface area contributed by atoms with E-state index in [9.17, 15) is 0 Å². The summed E-state index contributed by atoms with van der Waals surface area (Å²) >= 11 is 0. The van der Waals surface area contributed by atoms with Crippen LogP contribution in [0, 0.1) is 11.8 Å². The summed E-state index contributed by atoms with van der Waals surface area (Å²) in [6.07, 6.45) is 6.74. The molecule has 1 saturated heterocycles. The molecule has 2 fully saturated rings. The first-order valence-corrected chi connectivity index (χ1v) is 7.59. The Kier molecular flexibility index (Phi) is 4.68. The van der Waals surface area contributed by atoms with Gasteiger partial charge in [-0.2, -0.15) is 0 Å². The van der Waals surface area contributed by atoms with Crippen molar-refractivity contribution in [2.45, 2.75) is 57.6 Å². The standard InChI is InChI=1S/C15H30N2O/c1-12-6-7-15(11-16,9-13(12)2)17-8-4-5-14(10-17)18-3/h12-14H,4-11,16H2,1-3H3. The van der Waals surface area contributed by atoms with E-state index >= 15 is 0 Å². The number of piperidine rings is 1. The lowest BCUT2D eigenvalue weighted by Crippen LogP contribution is -2.60. The number of hydrogen-bond donors (Lipinski definition) is 1. The van der Waals surface area contributed by atoms with E-state index in [1.165, 1.54) is 38.6 Å². The molecule has 0 aromatic carbocycles. The van der Waals surface area contributed by atoms with Gasteiger partial charge in [-0.15, -0.1) is 0 Å². The van der Waals surface area contributed by atoms with Crippen molar-refractivity contribution in [2.75, 3.05) is 26.7 Å². The lowest BCUT2D eigenvalue weighted by Gasteiger charge is -2.51. The molecule has 4 atom stereocenters. The highest BCUT2D eigenvalue weighted by molar-refractivity contribution is 4.99. The van der Waals surface area contributed by atoms with Crippen molar-refractivity contribution in [3.8, 4) is 0 Å². The summed E-state index contributed by atoms with van der Waals surface area (Å²) in [5.41, 5.74) is 6.43. The zero-order chi connectivity index (χ0) is 13.2. The van der Waals surface area contributed by atoms with E-state index in [-0.39, 0.29) is 5.54 Å². The van der Waals surface area contributed by atoms with Crippen molar-refractivity contribution >= 4 is 0 Å². The summed E-state index contributed by atoms with van der Waals surface area (Å²) in [4.78, 5) is 2.65. The van der Waals surface area contributed by atoms with Gasteiger partial charge in [-0.1, -0.05) is 13.8 Å². The van der Waals surface area contributed by atoms with Gasteiger partial charge in [0.1, 0.15) is 0 Å². The van der Waals surface area contributed by atoms with Crippen LogP contribution in [-0.4, -0.2) is 43.3 Å². The molecule has 106 valence electrons. The van der Waals surface area contributed by atoms with Crippen molar-refractivity contribution in [1.29, 1.82) is 0 Å². The minimum Gasteiger partial charge on any atom is -0.380 e. The maximum Gasteiger partial charge on any atom is 0.0698 e. The Morgan fingerprint density at radius 3 is 2.67 bits per heavy atom. The van der Waals surface area contributed by atoms with Gasteiger partial charge in [0.25, 0.3) is 0 Å². The van der Waals surface area contributed by atoms with Crippen molar-refractivity contribution in [1.82, 2.24) is 4.90 Å². The molecular formula is C15H30N2O. The van der Waals surface area contributed by atoms with E-state index in [0.717, 1.165) is 24.9 Å². The van der Waals surface area contributed by atoms with Gasteiger partial charge in [0.2, 0.25) is 0 Å². The van der Waals surface area contributed by atoms with Crippen LogP contribution in [0.3, 0.4) is 0 Å². The van der Waals surface area contributed by atoms with Gasteiger partial charge in [-0.25, -0.2) is 0 Å². The van der Waals surface area contributed by atoms with Crippen LogP contribution in [-0.2, 0) is 4.74 Å².